The molecule has 2 aromatic carbocycles. The lowest BCUT2D eigenvalue weighted by molar-refractivity contribution is -0.150. The summed E-state index contributed by atoms with van der Waals surface area (Å²) >= 11 is 0. The number of imide groups is 1. The van der Waals surface area contributed by atoms with Crippen LogP contribution in [0.25, 0.3) is 0 Å². The van der Waals surface area contributed by atoms with Crippen LogP contribution >= 0.6 is 0 Å². The third-order valence-electron chi connectivity index (χ3n) is 5.01. The summed E-state index contributed by atoms with van der Waals surface area (Å²) < 4.78 is 5.27. The molecule has 1 aliphatic rings. The van der Waals surface area contributed by atoms with E-state index in [2.05, 4.69) is 0 Å². The molecular formula is C22H21NO5. The molecule has 2 amide bonds. The van der Waals surface area contributed by atoms with Crippen molar-refractivity contribution in [3.63, 3.8) is 0 Å². The van der Waals surface area contributed by atoms with Crippen molar-refractivity contribution in [2.24, 2.45) is 0 Å². The van der Waals surface area contributed by atoms with Crippen LogP contribution < -0.4 is 0 Å². The Balaban J connectivity index is 1.72. The number of carbonyl (C=O) groups excluding carboxylic acids is 4. The van der Waals surface area contributed by atoms with Crippen LogP contribution in [-0.2, 0) is 9.53 Å². The Morgan fingerprint density at radius 1 is 0.893 bits per heavy atom. The fraction of sp³-hybridized carbons (Fsp3) is 0.273. The van der Waals surface area contributed by atoms with Gasteiger partial charge in [0.15, 0.2) is 6.10 Å². The summed E-state index contributed by atoms with van der Waals surface area (Å²) in [5.74, 6) is -2.23. The van der Waals surface area contributed by atoms with E-state index < -0.39 is 29.9 Å². The van der Waals surface area contributed by atoms with E-state index in [1.54, 1.807) is 36.4 Å². The van der Waals surface area contributed by atoms with Crippen molar-refractivity contribution in [3.8, 4) is 0 Å². The van der Waals surface area contributed by atoms with E-state index in [1.165, 1.54) is 13.8 Å². The van der Waals surface area contributed by atoms with Crippen LogP contribution in [0.2, 0.25) is 0 Å². The molecule has 3 rings (SSSR count). The molecule has 0 aromatic heterocycles. The van der Waals surface area contributed by atoms with Crippen molar-refractivity contribution in [1.29, 1.82) is 0 Å². The zero-order chi connectivity index (χ0) is 20.6. The van der Waals surface area contributed by atoms with Crippen molar-refractivity contribution < 1.29 is 23.9 Å². The van der Waals surface area contributed by atoms with Gasteiger partial charge < -0.3 is 4.74 Å². The first-order chi connectivity index (χ1) is 13.2. The Morgan fingerprint density at radius 3 is 2.00 bits per heavy atom. The maximum Gasteiger partial charge on any atom is 0.329 e. The van der Waals surface area contributed by atoms with Gasteiger partial charge in [0.2, 0.25) is 5.78 Å². The number of aryl methyl sites for hydroxylation is 2. The van der Waals surface area contributed by atoms with Crippen LogP contribution in [0.15, 0.2) is 42.5 Å². The third-order valence-corrected chi connectivity index (χ3v) is 5.01. The van der Waals surface area contributed by atoms with Gasteiger partial charge in [0.1, 0.15) is 6.04 Å². The fourth-order valence-corrected chi connectivity index (χ4v) is 3.12. The van der Waals surface area contributed by atoms with E-state index in [4.69, 9.17) is 4.74 Å². The molecule has 1 aliphatic heterocycles. The van der Waals surface area contributed by atoms with Gasteiger partial charge in [-0.2, -0.15) is 0 Å². The van der Waals surface area contributed by atoms with Crippen molar-refractivity contribution in [1.82, 2.24) is 4.90 Å². The number of nitrogens with zero attached hydrogens (tertiary/aromatic N) is 1. The van der Waals surface area contributed by atoms with Gasteiger partial charge >= 0.3 is 5.97 Å². The minimum absolute atomic E-state index is 0.256. The van der Waals surface area contributed by atoms with Crippen LogP contribution in [0, 0.1) is 13.8 Å². The molecule has 6 heteroatoms. The van der Waals surface area contributed by atoms with E-state index in [9.17, 15) is 19.2 Å². The number of ether oxygens (including phenoxy) is 1. The second-order valence-corrected chi connectivity index (χ2v) is 6.94. The number of hydrogen-bond donors (Lipinski definition) is 0. The molecule has 0 saturated carbocycles. The van der Waals surface area contributed by atoms with Gasteiger partial charge in [-0.3, -0.25) is 19.3 Å². The van der Waals surface area contributed by atoms with E-state index in [1.807, 2.05) is 19.9 Å². The van der Waals surface area contributed by atoms with E-state index in [0.717, 1.165) is 16.0 Å². The molecule has 0 N–H and O–H groups in total. The van der Waals surface area contributed by atoms with E-state index in [0.29, 0.717) is 5.56 Å². The smallest absolute Gasteiger partial charge is 0.329 e. The second kappa shape index (κ2) is 7.38. The Labute approximate surface area is 163 Å². The standard InChI is InChI=1S/C22H21NO5/c1-12-9-10-16(11-13(12)2)19(24)15(4)28-22(27)14(3)23-20(25)17-7-5-6-8-18(17)21(23)26/h5-11,14-15H,1-4H3/t14-,15+/m1/s1. The molecule has 2 atom stereocenters. The Hall–Kier alpha value is -3.28. The summed E-state index contributed by atoms with van der Waals surface area (Å²) in [6.07, 6.45) is -1.03. The topological polar surface area (TPSA) is 80.8 Å². The van der Waals surface area contributed by atoms with Gasteiger partial charge in [0, 0.05) is 5.56 Å². The summed E-state index contributed by atoms with van der Waals surface area (Å²) in [6, 6.07) is 10.5. The molecule has 0 aliphatic carbocycles. The summed E-state index contributed by atoms with van der Waals surface area (Å²) in [6.45, 7) is 6.73. The largest absolute Gasteiger partial charge is 0.453 e. The first-order valence-corrected chi connectivity index (χ1v) is 9.01. The third kappa shape index (κ3) is 3.33. The number of amides is 2. The van der Waals surface area contributed by atoms with Gasteiger partial charge in [-0.25, -0.2) is 4.79 Å². The summed E-state index contributed by atoms with van der Waals surface area (Å²) in [4.78, 5) is 51.0. The molecule has 28 heavy (non-hydrogen) atoms. The highest BCUT2D eigenvalue weighted by atomic mass is 16.5. The SMILES string of the molecule is Cc1ccc(C(=O)[C@H](C)OC(=O)[C@@H](C)N2C(=O)c3ccccc3C2=O)cc1C. The van der Waals surface area contributed by atoms with Crippen LogP contribution in [0.4, 0.5) is 0 Å². The zero-order valence-corrected chi connectivity index (χ0v) is 16.2. The number of rotatable bonds is 5. The molecule has 0 radical (unpaired) electrons. The minimum Gasteiger partial charge on any atom is -0.453 e. The van der Waals surface area contributed by atoms with Gasteiger partial charge in [-0.05, 0) is 57.0 Å². The molecule has 1 heterocycles. The van der Waals surface area contributed by atoms with Gasteiger partial charge in [0.05, 0.1) is 11.1 Å². The molecule has 0 unspecified atom stereocenters. The highest BCUT2D eigenvalue weighted by Crippen LogP contribution is 2.25. The van der Waals surface area contributed by atoms with Gasteiger partial charge in [0.25, 0.3) is 11.8 Å². The van der Waals surface area contributed by atoms with Crippen molar-refractivity contribution in [3.05, 3.63) is 70.3 Å². The number of Topliss-reactive ketones (excluding diaryl/α,β-unsaturated/α-hetero) is 1. The van der Waals surface area contributed by atoms with E-state index in [-0.39, 0.29) is 16.9 Å². The number of hydrogen-bond acceptors (Lipinski definition) is 5. The molecule has 144 valence electrons. The molecule has 0 bridgehead atoms. The molecule has 0 spiro atoms. The normalized spacial score (nSPS) is 15.2. The van der Waals surface area contributed by atoms with Crippen molar-refractivity contribution in [2.75, 3.05) is 0 Å². The summed E-state index contributed by atoms with van der Waals surface area (Å²) in [7, 11) is 0. The van der Waals surface area contributed by atoms with Crippen LogP contribution in [0.3, 0.4) is 0 Å². The summed E-state index contributed by atoms with van der Waals surface area (Å²) in [5, 5.41) is 0. The Kier molecular flexibility index (Phi) is 5.14. The lowest BCUT2D eigenvalue weighted by atomic mass is 10.0. The fourth-order valence-electron chi connectivity index (χ4n) is 3.12. The minimum atomic E-state index is -1.14. The van der Waals surface area contributed by atoms with Crippen molar-refractivity contribution >= 4 is 23.6 Å². The number of esters is 1. The lowest BCUT2D eigenvalue weighted by Crippen LogP contribution is -2.45. The maximum atomic E-state index is 12.6. The Bertz CT molecular complexity index is 959. The van der Waals surface area contributed by atoms with Crippen LogP contribution in [0.5, 0.6) is 0 Å². The predicted molar refractivity (Wildman–Crippen MR) is 102 cm³/mol. The lowest BCUT2D eigenvalue weighted by Gasteiger charge is -2.22. The first-order valence-electron chi connectivity index (χ1n) is 9.01. The monoisotopic (exact) mass is 379 g/mol. The molecule has 0 saturated heterocycles. The molecular weight excluding hydrogens is 358 g/mol. The average Bonchev–Trinajstić information content (AvgIpc) is 2.93. The average molecular weight is 379 g/mol. The number of benzene rings is 2. The highest BCUT2D eigenvalue weighted by molar-refractivity contribution is 6.22. The van der Waals surface area contributed by atoms with E-state index >= 15 is 0 Å². The molecule has 0 fully saturated rings. The predicted octanol–water partition coefficient (Wildman–Crippen LogP) is 3.10. The van der Waals surface area contributed by atoms with Gasteiger partial charge in [-0.15, -0.1) is 0 Å². The second-order valence-electron chi connectivity index (χ2n) is 6.94. The number of ketones is 1. The quantitative estimate of drug-likeness (QED) is 0.453. The van der Waals surface area contributed by atoms with Crippen LogP contribution in [0.1, 0.15) is 56.0 Å². The summed E-state index contributed by atoms with van der Waals surface area (Å²) in [5.41, 5.74) is 2.97. The number of carbonyl (C=O) groups is 4. The Morgan fingerprint density at radius 2 is 1.46 bits per heavy atom. The number of fused-ring (bicyclic) bond motifs is 1. The molecule has 6 nitrogen and oxygen atoms in total. The zero-order valence-electron chi connectivity index (χ0n) is 16.2. The first kappa shape index (κ1) is 19.5. The van der Waals surface area contributed by atoms with Crippen molar-refractivity contribution in [2.45, 2.75) is 39.8 Å². The maximum absolute atomic E-state index is 12.6. The van der Waals surface area contributed by atoms with Gasteiger partial charge in [-0.1, -0.05) is 24.3 Å². The van der Waals surface area contributed by atoms with Crippen LogP contribution in [-0.4, -0.2) is 40.6 Å². The highest BCUT2D eigenvalue weighted by Gasteiger charge is 2.41. The molecule has 2 aromatic rings.